The molecule has 0 radical (unpaired) electrons. The molecule has 0 saturated carbocycles. The number of ether oxygens (including phenoxy) is 1. The van der Waals surface area contributed by atoms with Crippen LogP contribution in [0.5, 0.6) is 0 Å². The highest BCUT2D eigenvalue weighted by Crippen LogP contribution is 2.18. The van der Waals surface area contributed by atoms with Crippen molar-refractivity contribution in [3.8, 4) is 0 Å². The van der Waals surface area contributed by atoms with E-state index in [1.807, 2.05) is 18.2 Å². The molecule has 0 atom stereocenters. The molecular weight excluding hydrogens is 364 g/mol. The number of pyridine rings is 1. The number of nitrogens with one attached hydrogen (secondary N) is 1. The molecule has 3 heterocycles. The van der Waals surface area contributed by atoms with Crippen molar-refractivity contribution in [2.24, 2.45) is 0 Å². The second-order valence-corrected chi connectivity index (χ2v) is 8.66. The third-order valence-corrected chi connectivity index (χ3v) is 6.40. The first-order chi connectivity index (χ1) is 13.1. The van der Waals surface area contributed by atoms with Gasteiger partial charge in [-0.1, -0.05) is 30.3 Å². The summed E-state index contributed by atoms with van der Waals surface area (Å²) in [7, 11) is -3.55. The summed E-state index contributed by atoms with van der Waals surface area (Å²) in [5.74, 6) is 0.787. The lowest BCUT2D eigenvalue weighted by Crippen LogP contribution is -2.58. The van der Waals surface area contributed by atoms with Crippen molar-refractivity contribution in [1.29, 1.82) is 0 Å². The maximum atomic E-state index is 12.6. The number of hydrogen-bond acceptors (Lipinski definition) is 6. The number of benzene rings is 1. The number of rotatable bonds is 6. The molecule has 1 aromatic carbocycles. The van der Waals surface area contributed by atoms with Gasteiger partial charge in [0.2, 0.25) is 10.0 Å². The fraction of sp³-hybridized carbons (Fsp3) is 0.421. The molecule has 2 fully saturated rings. The van der Waals surface area contributed by atoms with Crippen LogP contribution in [0.1, 0.15) is 5.56 Å². The smallest absolute Gasteiger partial charge is 0.242 e. The average Bonchev–Trinajstić information content (AvgIpc) is 2.68. The minimum Gasteiger partial charge on any atom is -0.378 e. The molecule has 2 aliphatic rings. The van der Waals surface area contributed by atoms with Gasteiger partial charge in [0, 0.05) is 45.0 Å². The molecule has 0 unspecified atom stereocenters. The monoisotopic (exact) mass is 388 g/mol. The number of aromatic nitrogens is 1. The molecule has 4 rings (SSSR count). The summed E-state index contributed by atoms with van der Waals surface area (Å²) in [6, 6.07) is 13.5. The van der Waals surface area contributed by atoms with Gasteiger partial charge in [0.05, 0.1) is 13.2 Å². The Hall–Kier alpha value is -2.00. The molecule has 1 N–H and O–H groups in total. The van der Waals surface area contributed by atoms with E-state index in [2.05, 4.69) is 31.6 Å². The summed E-state index contributed by atoms with van der Waals surface area (Å²) >= 11 is 0. The van der Waals surface area contributed by atoms with Crippen LogP contribution in [0.25, 0.3) is 0 Å². The van der Waals surface area contributed by atoms with Gasteiger partial charge < -0.3 is 9.64 Å². The third kappa shape index (κ3) is 4.47. The molecule has 8 heteroatoms. The molecule has 2 aliphatic heterocycles. The van der Waals surface area contributed by atoms with Crippen LogP contribution >= 0.6 is 0 Å². The maximum absolute atomic E-state index is 12.6. The van der Waals surface area contributed by atoms with Crippen LogP contribution in [0.2, 0.25) is 0 Å². The highest BCUT2D eigenvalue weighted by molar-refractivity contribution is 7.89. The van der Waals surface area contributed by atoms with Crippen molar-refractivity contribution in [3.63, 3.8) is 0 Å². The highest BCUT2D eigenvalue weighted by atomic mass is 32.2. The average molecular weight is 388 g/mol. The zero-order chi connectivity index (χ0) is 18.7. The van der Waals surface area contributed by atoms with Gasteiger partial charge in [-0.3, -0.25) is 4.90 Å². The van der Waals surface area contributed by atoms with Crippen molar-refractivity contribution in [1.82, 2.24) is 14.6 Å². The summed E-state index contributed by atoms with van der Waals surface area (Å²) < 4.78 is 33.3. The highest BCUT2D eigenvalue weighted by Gasteiger charge is 2.31. The first kappa shape index (κ1) is 18.4. The fourth-order valence-electron chi connectivity index (χ4n) is 3.41. The van der Waals surface area contributed by atoms with Gasteiger partial charge in [0.15, 0.2) is 0 Å². The number of hydrogen-bond donors (Lipinski definition) is 1. The lowest BCUT2D eigenvalue weighted by atomic mass is 10.1. The van der Waals surface area contributed by atoms with Crippen LogP contribution in [0.15, 0.2) is 53.6 Å². The first-order valence-corrected chi connectivity index (χ1v) is 10.7. The van der Waals surface area contributed by atoms with E-state index in [0.29, 0.717) is 26.3 Å². The Kier molecular flexibility index (Phi) is 5.40. The van der Waals surface area contributed by atoms with Crippen LogP contribution in [0, 0.1) is 0 Å². The summed E-state index contributed by atoms with van der Waals surface area (Å²) in [6.07, 6.45) is 1.44. The molecule has 0 spiro atoms. The third-order valence-electron chi connectivity index (χ3n) is 4.89. The van der Waals surface area contributed by atoms with E-state index < -0.39 is 10.0 Å². The minimum absolute atomic E-state index is 0.0577. The molecule has 0 bridgehead atoms. The molecule has 2 aromatic rings. The van der Waals surface area contributed by atoms with Crippen molar-refractivity contribution < 1.29 is 13.2 Å². The van der Waals surface area contributed by atoms with Crippen LogP contribution < -0.4 is 9.62 Å². The van der Waals surface area contributed by atoms with Crippen molar-refractivity contribution in [3.05, 3.63) is 54.2 Å². The van der Waals surface area contributed by atoms with E-state index in [0.717, 1.165) is 25.5 Å². The van der Waals surface area contributed by atoms with Crippen molar-refractivity contribution >= 4 is 15.8 Å². The number of morpholine rings is 1. The molecule has 2 saturated heterocycles. The van der Waals surface area contributed by atoms with Crippen LogP contribution in [0.4, 0.5) is 5.82 Å². The molecule has 7 nitrogen and oxygen atoms in total. The number of sulfonamides is 1. The molecule has 0 amide bonds. The molecular formula is C19H24N4O3S. The van der Waals surface area contributed by atoms with Gasteiger partial charge in [-0.15, -0.1) is 0 Å². The second kappa shape index (κ2) is 7.93. The van der Waals surface area contributed by atoms with Crippen LogP contribution in [-0.2, 0) is 21.3 Å². The van der Waals surface area contributed by atoms with Crippen LogP contribution in [-0.4, -0.2) is 63.7 Å². The quantitative estimate of drug-likeness (QED) is 0.798. The Morgan fingerprint density at radius 2 is 1.81 bits per heavy atom. The number of nitrogens with zero attached hydrogens (tertiary/aromatic N) is 3. The molecule has 1 aromatic heterocycles. The number of anilines is 1. The zero-order valence-corrected chi connectivity index (χ0v) is 15.9. The van der Waals surface area contributed by atoms with Crippen molar-refractivity contribution in [2.45, 2.75) is 17.5 Å². The summed E-state index contributed by atoms with van der Waals surface area (Å²) in [5.41, 5.74) is 1.24. The van der Waals surface area contributed by atoms with Crippen molar-refractivity contribution in [2.75, 3.05) is 44.3 Å². The SMILES string of the molecule is O=S(=O)(NC1CN(Cc2ccccc2)C1)c1ccc(N2CCOCC2)nc1. The minimum atomic E-state index is -3.55. The first-order valence-electron chi connectivity index (χ1n) is 9.17. The summed E-state index contributed by atoms with van der Waals surface area (Å²) in [5, 5.41) is 0. The van der Waals surface area contributed by atoms with E-state index >= 15 is 0 Å². The van der Waals surface area contributed by atoms with Gasteiger partial charge in [-0.05, 0) is 17.7 Å². The van der Waals surface area contributed by atoms with E-state index in [-0.39, 0.29) is 10.9 Å². The van der Waals surface area contributed by atoms with E-state index in [1.165, 1.54) is 11.8 Å². The standard InChI is InChI=1S/C19H24N4O3S/c24-27(25,18-6-7-19(20-12-18)23-8-10-26-11-9-23)21-17-14-22(15-17)13-16-4-2-1-3-5-16/h1-7,12,17,21H,8-11,13-15H2. The predicted octanol–water partition coefficient (Wildman–Crippen LogP) is 1.08. The maximum Gasteiger partial charge on any atom is 0.242 e. The number of likely N-dealkylation sites (tertiary alicyclic amines) is 1. The largest absolute Gasteiger partial charge is 0.378 e. The zero-order valence-electron chi connectivity index (χ0n) is 15.1. The molecule has 0 aliphatic carbocycles. The topological polar surface area (TPSA) is 74.8 Å². The molecule has 27 heavy (non-hydrogen) atoms. The van der Waals surface area contributed by atoms with Gasteiger partial charge in [0.1, 0.15) is 10.7 Å². The summed E-state index contributed by atoms with van der Waals surface area (Å²) in [4.78, 5) is 8.86. The van der Waals surface area contributed by atoms with Crippen LogP contribution in [0.3, 0.4) is 0 Å². The summed E-state index contributed by atoms with van der Waals surface area (Å²) in [6.45, 7) is 5.16. The Labute approximate surface area is 160 Å². The predicted molar refractivity (Wildman–Crippen MR) is 103 cm³/mol. The Morgan fingerprint density at radius 1 is 1.07 bits per heavy atom. The van der Waals surface area contributed by atoms with E-state index in [4.69, 9.17) is 4.74 Å². The Balaban J connectivity index is 1.31. The normalized spacial score (nSPS) is 19.0. The Bertz CT molecular complexity index is 846. The van der Waals surface area contributed by atoms with E-state index in [9.17, 15) is 8.42 Å². The van der Waals surface area contributed by atoms with E-state index in [1.54, 1.807) is 12.1 Å². The second-order valence-electron chi connectivity index (χ2n) is 6.95. The lowest BCUT2D eigenvalue weighted by Gasteiger charge is -2.39. The lowest BCUT2D eigenvalue weighted by molar-refractivity contribution is 0.122. The van der Waals surface area contributed by atoms with Gasteiger partial charge in [0.25, 0.3) is 0 Å². The van der Waals surface area contributed by atoms with Gasteiger partial charge >= 0.3 is 0 Å². The fourth-order valence-corrected chi connectivity index (χ4v) is 4.58. The molecule has 144 valence electrons. The Morgan fingerprint density at radius 3 is 2.48 bits per heavy atom. The van der Waals surface area contributed by atoms with Gasteiger partial charge in [-0.25, -0.2) is 18.1 Å². The van der Waals surface area contributed by atoms with Gasteiger partial charge in [-0.2, -0.15) is 0 Å².